The Morgan fingerprint density at radius 1 is 1.26 bits per heavy atom. The summed E-state index contributed by atoms with van der Waals surface area (Å²) >= 11 is 0. The average molecular weight is 272 g/mol. The molecule has 0 radical (unpaired) electrons. The molecular weight excluding hydrogens is 248 g/mol. The number of carboxylic acids is 1. The number of ether oxygens (including phenoxy) is 1. The summed E-state index contributed by atoms with van der Waals surface area (Å²) in [5.41, 5.74) is -0.764. The summed E-state index contributed by atoms with van der Waals surface area (Å²) in [6.45, 7) is 8.11. The molecule has 5 nitrogen and oxygen atoms in total. The second-order valence-corrected chi connectivity index (χ2v) is 5.55. The van der Waals surface area contributed by atoms with Crippen LogP contribution < -0.4 is 0 Å². The minimum atomic E-state index is -0.917. The van der Waals surface area contributed by atoms with Crippen LogP contribution in [0.1, 0.15) is 53.9 Å². The van der Waals surface area contributed by atoms with E-state index in [1.54, 1.807) is 27.7 Å². The lowest BCUT2D eigenvalue weighted by molar-refractivity contribution is -0.157. The lowest BCUT2D eigenvalue weighted by Gasteiger charge is -2.29. The number of carbonyl (C=O) groups excluding carboxylic acids is 2. The van der Waals surface area contributed by atoms with Crippen LogP contribution in [0.15, 0.2) is 0 Å². The molecule has 0 rings (SSSR count). The van der Waals surface area contributed by atoms with Gasteiger partial charge in [-0.2, -0.15) is 0 Å². The second-order valence-electron chi connectivity index (χ2n) is 5.55. The first-order chi connectivity index (χ1) is 8.59. The summed E-state index contributed by atoms with van der Waals surface area (Å²) < 4.78 is 5.17. The smallest absolute Gasteiger partial charge is 0.306 e. The second kappa shape index (κ2) is 7.26. The molecule has 2 unspecified atom stereocenters. The Bertz CT molecular complexity index is 346. The fourth-order valence-corrected chi connectivity index (χ4v) is 2.17. The number of hydrogen-bond acceptors (Lipinski definition) is 4. The Hall–Kier alpha value is -1.39. The molecule has 0 saturated carbocycles. The largest absolute Gasteiger partial charge is 0.481 e. The van der Waals surface area contributed by atoms with Gasteiger partial charge in [-0.05, 0) is 26.7 Å². The maximum atomic E-state index is 11.9. The normalized spacial score (nSPS) is 14.6. The topological polar surface area (TPSA) is 80.7 Å². The molecule has 0 aromatic carbocycles. The molecular formula is C14H24O5. The summed E-state index contributed by atoms with van der Waals surface area (Å²) in [6, 6.07) is 0. The van der Waals surface area contributed by atoms with Gasteiger partial charge in [0.25, 0.3) is 0 Å². The van der Waals surface area contributed by atoms with Gasteiger partial charge in [-0.25, -0.2) is 0 Å². The van der Waals surface area contributed by atoms with Crippen molar-refractivity contribution < 1.29 is 24.2 Å². The highest BCUT2D eigenvalue weighted by molar-refractivity contribution is 5.81. The minimum absolute atomic E-state index is 0.00771. The van der Waals surface area contributed by atoms with E-state index >= 15 is 0 Å². The number of hydrogen-bond donors (Lipinski definition) is 1. The standard InChI is InChI=1S/C14H24O5/c1-6-12(16)11(7-9(2)13(17)18)8-14(4,5)19-10(3)15/h9,11H,6-8H2,1-5H3,(H,17,18). The van der Waals surface area contributed by atoms with E-state index in [0.717, 1.165) is 0 Å². The summed E-state index contributed by atoms with van der Waals surface area (Å²) in [5, 5.41) is 8.93. The number of Topliss-reactive ketones (excluding diaryl/α,β-unsaturated/α-hetero) is 1. The van der Waals surface area contributed by atoms with Gasteiger partial charge in [0.15, 0.2) is 0 Å². The molecule has 0 aromatic heterocycles. The van der Waals surface area contributed by atoms with E-state index in [1.165, 1.54) is 6.92 Å². The fourth-order valence-electron chi connectivity index (χ4n) is 2.17. The monoisotopic (exact) mass is 272 g/mol. The van der Waals surface area contributed by atoms with Crippen molar-refractivity contribution in [1.82, 2.24) is 0 Å². The fraction of sp³-hybridized carbons (Fsp3) is 0.786. The minimum Gasteiger partial charge on any atom is -0.481 e. The van der Waals surface area contributed by atoms with Crippen LogP contribution in [-0.4, -0.2) is 28.4 Å². The molecule has 0 saturated heterocycles. The van der Waals surface area contributed by atoms with Gasteiger partial charge in [0.1, 0.15) is 11.4 Å². The van der Waals surface area contributed by atoms with E-state index in [4.69, 9.17) is 9.84 Å². The Morgan fingerprint density at radius 2 is 1.79 bits per heavy atom. The first-order valence-corrected chi connectivity index (χ1v) is 6.54. The van der Waals surface area contributed by atoms with Gasteiger partial charge in [0.2, 0.25) is 0 Å². The molecule has 0 aliphatic heterocycles. The van der Waals surface area contributed by atoms with Gasteiger partial charge >= 0.3 is 11.9 Å². The summed E-state index contributed by atoms with van der Waals surface area (Å²) in [7, 11) is 0. The highest BCUT2D eigenvalue weighted by Gasteiger charge is 2.31. The predicted octanol–water partition coefficient (Wildman–Crippen LogP) is 2.42. The number of carbonyl (C=O) groups is 3. The summed E-state index contributed by atoms with van der Waals surface area (Å²) in [6.07, 6.45) is 0.969. The zero-order valence-electron chi connectivity index (χ0n) is 12.4. The van der Waals surface area contributed by atoms with Crippen molar-refractivity contribution in [3.63, 3.8) is 0 Å². The van der Waals surface area contributed by atoms with Crippen LogP contribution in [0.2, 0.25) is 0 Å². The van der Waals surface area contributed by atoms with Crippen LogP contribution in [0.25, 0.3) is 0 Å². The Balaban J connectivity index is 4.82. The highest BCUT2D eigenvalue weighted by Crippen LogP contribution is 2.27. The van der Waals surface area contributed by atoms with Gasteiger partial charge in [0, 0.05) is 19.3 Å². The van der Waals surface area contributed by atoms with E-state index in [-0.39, 0.29) is 12.2 Å². The van der Waals surface area contributed by atoms with E-state index in [0.29, 0.717) is 12.8 Å². The molecule has 0 aliphatic rings. The third kappa shape index (κ3) is 6.94. The van der Waals surface area contributed by atoms with Crippen LogP contribution in [0.3, 0.4) is 0 Å². The van der Waals surface area contributed by atoms with Crippen LogP contribution in [0.5, 0.6) is 0 Å². The summed E-state index contributed by atoms with van der Waals surface area (Å²) in [5.74, 6) is -2.30. The zero-order valence-corrected chi connectivity index (χ0v) is 12.4. The van der Waals surface area contributed by atoms with Crippen LogP contribution in [0.4, 0.5) is 0 Å². The number of esters is 1. The predicted molar refractivity (Wildman–Crippen MR) is 70.7 cm³/mol. The molecule has 1 N–H and O–H groups in total. The molecule has 0 amide bonds. The zero-order chi connectivity index (χ0) is 15.2. The Labute approximate surface area is 114 Å². The van der Waals surface area contributed by atoms with Gasteiger partial charge in [0.05, 0.1) is 5.92 Å². The molecule has 0 aliphatic carbocycles. The van der Waals surface area contributed by atoms with Gasteiger partial charge in [-0.3, -0.25) is 14.4 Å². The van der Waals surface area contributed by atoms with Gasteiger partial charge < -0.3 is 9.84 Å². The van der Waals surface area contributed by atoms with Crippen molar-refractivity contribution in [2.24, 2.45) is 11.8 Å². The van der Waals surface area contributed by atoms with E-state index in [2.05, 4.69) is 0 Å². The first-order valence-electron chi connectivity index (χ1n) is 6.54. The number of ketones is 1. The maximum Gasteiger partial charge on any atom is 0.306 e. The SMILES string of the molecule is CCC(=O)C(CC(C)C(=O)O)CC(C)(C)OC(C)=O. The lowest BCUT2D eigenvalue weighted by Crippen LogP contribution is -2.33. The first kappa shape index (κ1) is 17.6. The Kier molecular flexibility index (Phi) is 6.73. The van der Waals surface area contributed by atoms with Gasteiger partial charge in [-0.15, -0.1) is 0 Å². The lowest BCUT2D eigenvalue weighted by atomic mass is 9.83. The van der Waals surface area contributed by atoms with Crippen molar-refractivity contribution in [3.05, 3.63) is 0 Å². The third-order valence-electron chi connectivity index (χ3n) is 3.02. The van der Waals surface area contributed by atoms with Crippen LogP contribution in [-0.2, 0) is 19.1 Å². The number of rotatable bonds is 8. The average Bonchev–Trinajstić information content (AvgIpc) is 2.24. The molecule has 2 atom stereocenters. The van der Waals surface area contributed by atoms with Gasteiger partial charge in [-0.1, -0.05) is 13.8 Å². The molecule has 0 aromatic rings. The molecule has 0 bridgehead atoms. The van der Waals surface area contributed by atoms with E-state index in [9.17, 15) is 14.4 Å². The van der Waals surface area contributed by atoms with E-state index in [1.807, 2.05) is 0 Å². The molecule has 5 heteroatoms. The van der Waals surface area contributed by atoms with Crippen LogP contribution >= 0.6 is 0 Å². The van der Waals surface area contributed by atoms with Crippen molar-refractivity contribution in [3.8, 4) is 0 Å². The van der Waals surface area contributed by atoms with Crippen molar-refractivity contribution in [2.75, 3.05) is 0 Å². The molecule has 0 heterocycles. The number of carboxylic acid groups (broad SMARTS) is 1. The van der Waals surface area contributed by atoms with Crippen molar-refractivity contribution in [2.45, 2.75) is 59.5 Å². The Morgan fingerprint density at radius 3 is 2.16 bits per heavy atom. The quantitative estimate of drug-likeness (QED) is 0.686. The molecule has 110 valence electrons. The third-order valence-corrected chi connectivity index (χ3v) is 3.02. The molecule has 0 fully saturated rings. The molecule has 19 heavy (non-hydrogen) atoms. The number of aliphatic carboxylic acids is 1. The summed E-state index contributed by atoms with van der Waals surface area (Å²) in [4.78, 5) is 33.8. The van der Waals surface area contributed by atoms with E-state index < -0.39 is 29.4 Å². The van der Waals surface area contributed by atoms with Crippen molar-refractivity contribution >= 4 is 17.7 Å². The van der Waals surface area contributed by atoms with Crippen LogP contribution in [0, 0.1) is 11.8 Å². The van der Waals surface area contributed by atoms with Crippen molar-refractivity contribution in [1.29, 1.82) is 0 Å². The molecule has 0 spiro atoms. The highest BCUT2D eigenvalue weighted by atomic mass is 16.6. The maximum absolute atomic E-state index is 11.9.